The summed E-state index contributed by atoms with van der Waals surface area (Å²) >= 11 is 0. The fourth-order valence-electron chi connectivity index (χ4n) is 3.10. The van der Waals surface area contributed by atoms with Gasteiger partial charge in [-0.05, 0) is 43.9 Å². The first kappa shape index (κ1) is 13.4. The van der Waals surface area contributed by atoms with Crippen LogP contribution in [0.4, 0.5) is 0 Å². The van der Waals surface area contributed by atoms with Crippen LogP contribution in [0.3, 0.4) is 0 Å². The highest BCUT2D eigenvalue weighted by molar-refractivity contribution is 4.95. The van der Waals surface area contributed by atoms with Gasteiger partial charge in [0.2, 0.25) is 0 Å². The van der Waals surface area contributed by atoms with Crippen LogP contribution in [0.1, 0.15) is 66.2 Å². The molecule has 0 bridgehead atoms. The summed E-state index contributed by atoms with van der Waals surface area (Å²) in [5.41, 5.74) is 0.919. The Balaban J connectivity index is 1.95. The quantitative estimate of drug-likeness (QED) is 0.793. The summed E-state index contributed by atoms with van der Waals surface area (Å²) in [5.74, 6) is 0. The van der Waals surface area contributed by atoms with Crippen molar-refractivity contribution < 1.29 is 4.74 Å². The maximum Gasteiger partial charge on any atom is 0.119 e. The molecule has 2 nitrogen and oxygen atoms in total. The van der Waals surface area contributed by atoms with Gasteiger partial charge in [0.05, 0.1) is 6.61 Å². The molecule has 1 saturated carbocycles. The van der Waals surface area contributed by atoms with Crippen molar-refractivity contribution in [3.63, 3.8) is 0 Å². The summed E-state index contributed by atoms with van der Waals surface area (Å²) in [6.07, 6.45) is 7.37. The van der Waals surface area contributed by atoms with Crippen LogP contribution in [0.25, 0.3) is 0 Å². The summed E-state index contributed by atoms with van der Waals surface area (Å²) < 4.78 is 6.29. The fraction of sp³-hybridized carbons (Fsp3) is 1.00. The minimum Gasteiger partial charge on any atom is -0.360 e. The molecule has 17 heavy (non-hydrogen) atoms. The van der Waals surface area contributed by atoms with Gasteiger partial charge in [0, 0.05) is 12.0 Å². The van der Waals surface area contributed by atoms with Gasteiger partial charge in [-0.3, -0.25) is 5.32 Å². The highest BCUT2D eigenvalue weighted by Gasteiger charge is 2.45. The van der Waals surface area contributed by atoms with Crippen LogP contribution >= 0.6 is 0 Å². The zero-order valence-electron chi connectivity index (χ0n) is 12.1. The molecule has 0 aromatic carbocycles. The van der Waals surface area contributed by atoms with Crippen LogP contribution in [-0.2, 0) is 4.74 Å². The van der Waals surface area contributed by atoms with Crippen molar-refractivity contribution in [2.45, 2.75) is 71.9 Å². The molecule has 1 aliphatic carbocycles. The molecule has 2 heteroatoms. The number of nitrogens with one attached hydrogen (secondary N) is 1. The molecule has 1 aliphatic heterocycles. The summed E-state index contributed by atoms with van der Waals surface area (Å²) in [7, 11) is 0. The molecule has 1 N–H and O–H groups in total. The third-order valence-corrected chi connectivity index (χ3v) is 5.35. The zero-order valence-corrected chi connectivity index (χ0v) is 12.1. The molecule has 2 fully saturated rings. The summed E-state index contributed by atoms with van der Waals surface area (Å²) in [6.45, 7) is 11.4. The largest absolute Gasteiger partial charge is 0.360 e. The van der Waals surface area contributed by atoms with Crippen molar-refractivity contribution in [3.05, 3.63) is 0 Å². The molecule has 0 radical (unpaired) electrons. The van der Waals surface area contributed by atoms with Crippen LogP contribution in [0.15, 0.2) is 0 Å². The zero-order chi connectivity index (χ0) is 12.6. The van der Waals surface area contributed by atoms with Gasteiger partial charge in [-0.15, -0.1) is 0 Å². The van der Waals surface area contributed by atoms with Gasteiger partial charge in [0.1, 0.15) is 5.72 Å². The predicted octanol–water partition coefficient (Wildman–Crippen LogP) is 3.71. The molecule has 2 rings (SSSR count). The molecule has 1 spiro atoms. The standard InChI is InChI=1S/C15H29NO/c1-5-14(6-2)11-16-15(17-12-14)9-7-13(3,4)8-10-15/h16H,5-12H2,1-4H3. The Labute approximate surface area is 107 Å². The molecular weight excluding hydrogens is 210 g/mol. The van der Waals surface area contributed by atoms with Gasteiger partial charge < -0.3 is 4.74 Å². The Kier molecular flexibility index (Phi) is 3.57. The van der Waals surface area contributed by atoms with Crippen molar-refractivity contribution in [1.29, 1.82) is 0 Å². The molecule has 0 aromatic heterocycles. The van der Waals surface area contributed by atoms with E-state index in [1.54, 1.807) is 0 Å². The van der Waals surface area contributed by atoms with E-state index in [4.69, 9.17) is 4.74 Å². The van der Waals surface area contributed by atoms with E-state index in [1.165, 1.54) is 38.5 Å². The molecule has 1 heterocycles. The molecular formula is C15H29NO. The lowest BCUT2D eigenvalue weighted by Crippen LogP contribution is -2.60. The number of rotatable bonds is 2. The maximum atomic E-state index is 6.29. The van der Waals surface area contributed by atoms with Crippen LogP contribution in [-0.4, -0.2) is 18.9 Å². The van der Waals surface area contributed by atoms with E-state index in [0.29, 0.717) is 10.8 Å². The van der Waals surface area contributed by atoms with E-state index in [2.05, 4.69) is 33.0 Å². The lowest BCUT2D eigenvalue weighted by molar-refractivity contribution is -0.172. The number of hydrogen-bond donors (Lipinski definition) is 1. The lowest BCUT2D eigenvalue weighted by Gasteiger charge is -2.51. The molecule has 100 valence electrons. The van der Waals surface area contributed by atoms with E-state index in [9.17, 15) is 0 Å². The molecule has 0 unspecified atom stereocenters. The topological polar surface area (TPSA) is 21.3 Å². The Morgan fingerprint density at radius 2 is 1.59 bits per heavy atom. The third-order valence-electron chi connectivity index (χ3n) is 5.35. The second-order valence-corrected chi connectivity index (χ2v) is 7.01. The molecule has 0 atom stereocenters. The Hall–Kier alpha value is -0.0800. The highest BCUT2D eigenvalue weighted by atomic mass is 16.5. The molecule has 1 saturated heterocycles. The van der Waals surface area contributed by atoms with Crippen LogP contribution in [0.2, 0.25) is 0 Å². The van der Waals surface area contributed by atoms with E-state index >= 15 is 0 Å². The molecule has 2 aliphatic rings. The first-order chi connectivity index (χ1) is 7.95. The van der Waals surface area contributed by atoms with Gasteiger partial charge in [0.25, 0.3) is 0 Å². The maximum absolute atomic E-state index is 6.29. The van der Waals surface area contributed by atoms with Gasteiger partial charge >= 0.3 is 0 Å². The first-order valence-corrected chi connectivity index (χ1v) is 7.34. The van der Waals surface area contributed by atoms with Crippen LogP contribution < -0.4 is 5.32 Å². The van der Waals surface area contributed by atoms with E-state index in [1.807, 2.05) is 0 Å². The Morgan fingerprint density at radius 1 is 1.00 bits per heavy atom. The minimum atomic E-state index is 0.0172. The second kappa shape index (κ2) is 4.55. The van der Waals surface area contributed by atoms with Crippen molar-refractivity contribution >= 4 is 0 Å². The van der Waals surface area contributed by atoms with Crippen molar-refractivity contribution in [2.24, 2.45) is 10.8 Å². The monoisotopic (exact) mass is 239 g/mol. The van der Waals surface area contributed by atoms with Gasteiger partial charge in [-0.1, -0.05) is 27.7 Å². The Bertz CT molecular complexity index is 246. The van der Waals surface area contributed by atoms with Crippen LogP contribution in [0.5, 0.6) is 0 Å². The SMILES string of the molecule is CCC1(CC)CNC2(CCC(C)(C)CC2)OC1. The number of ether oxygens (including phenoxy) is 1. The Morgan fingerprint density at radius 3 is 2.00 bits per heavy atom. The summed E-state index contributed by atoms with van der Waals surface area (Å²) in [4.78, 5) is 0. The normalized spacial score (nSPS) is 30.4. The lowest BCUT2D eigenvalue weighted by atomic mass is 9.72. The summed E-state index contributed by atoms with van der Waals surface area (Å²) in [6, 6.07) is 0. The molecule has 0 aromatic rings. The van der Waals surface area contributed by atoms with Gasteiger partial charge in [-0.25, -0.2) is 0 Å². The molecule has 0 amide bonds. The van der Waals surface area contributed by atoms with E-state index < -0.39 is 0 Å². The fourth-order valence-corrected chi connectivity index (χ4v) is 3.10. The van der Waals surface area contributed by atoms with Crippen molar-refractivity contribution in [1.82, 2.24) is 5.32 Å². The first-order valence-electron chi connectivity index (χ1n) is 7.34. The average molecular weight is 239 g/mol. The average Bonchev–Trinajstić information content (AvgIpc) is 2.35. The second-order valence-electron chi connectivity index (χ2n) is 7.01. The van der Waals surface area contributed by atoms with E-state index in [-0.39, 0.29) is 5.72 Å². The van der Waals surface area contributed by atoms with Gasteiger partial charge in [0.15, 0.2) is 0 Å². The summed E-state index contributed by atoms with van der Waals surface area (Å²) in [5, 5.41) is 3.74. The third kappa shape index (κ3) is 2.68. The minimum absolute atomic E-state index is 0.0172. The van der Waals surface area contributed by atoms with Crippen molar-refractivity contribution in [3.8, 4) is 0 Å². The van der Waals surface area contributed by atoms with E-state index in [0.717, 1.165) is 13.2 Å². The smallest absolute Gasteiger partial charge is 0.119 e. The van der Waals surface area contributed by atoms with Gasteiger partial charge in [-0.2, -0.15) is 0 Å². The van der Waals surface area contributed by atoms with Crippen LogP contribution in [0, 0.1) is 10.8 Å². The number of hydrogen-bond acceptors (Lipinski definition) is 2. The highest BCUT2D eigenvalue weighted by Crippen LogP contribution is 2.44. The van der Waals surface area contributed by atoms with Crippen molar-refractivity contribution in [2.75, 3.05) is 13.2 Å². The predicted molar refractivity (Wildman–Crippen MR) is 71.9 cm³/mol.